The van der Waals surface area contributed by atoms with Gasteiger partial charge in [0, 0.05) is 26.3 Å². The second-order valence-corrected chi connectivity index (χ2v) is 6.53. The standard InChI is InChI=1S/C20H18N.Ir/c1-12-8-9-15-18(13(12)2)20(3,4)16-7-5-6-14-10-11-21-19(15)17(14)16;/h5-8,10-11H,1-4H3;/q-1;. The van der Waals surface area contributed by atoms with E-state index in [2.05, 4.69) is 69.1 Å². The monoisotopic (exact) mass is 465 g/mol. The molecule has 2 heteroatoms. The molecule has 113 valence electrons. The third-order valence-electron chi connectivity index (χ3n) is 4.98. The van der Waals surface area contributed by atoms with Gasteiger partial charge in [-0.2, -0.15) is 0 Å². The molecular formula is C20H18IrN-. The maximum atomic E-state index is 4.68. The van der Waals surface area contributed by atoms with E-state index in [1.54, 1.807) is 0 Å². The Hall–Kier alpha value is -1.50. The smallest absolute Gasteiger partial charge is 0.0167 e. The molecule has 0 saturated carbocycles. The predicted octanol–water partition coefficient (Wildman–Crippen LogP) is 4.96. The third kappa shape index (κ3) is 1.84. The van der Waals surface area contributed by atoms with E-state index in [1.807, 2.05) is 6.20 Å². The normalized spacial score (nSPS) is 14.4. The molecule has 0 spiro atoms. The van der Waals surface area contributed by atoms with E-state index in [0.717, 1.165) is 5.69 Å². The topological polar surface area (TPSA) is 12.9 Å². The molecule has 4 rings (SSSR count). The van der Waals surface area contributed by atoms with Crippen LogP contribution >= 0.6 is 0 Å². The van der Waals surface area contributed by atoms with Crippen LogP contribution in [0.5, 0.6) is 0 Å². The van der Waals surface area contributed by atoms with Gasteiger partial charge >= 0.3 is 0 Å². The molecule has 0 N–H and O–H groups in total. The zero-order valence-electron chi connectivity index (χ0n) is 13.2. The number of rotatable bonds is 0. The Morgan fingerprint density at radius 3 is 2.64 bits per heavy atom. The molecule has 0 aliphatic heterocycles. The molecule has 0 fully saturated rings. The van der Waals surface area contributed by atoms with Crippen LogP contribution in [0.4, 0.5) is 0 Å². The van der Waals surface area contributed by atoms with Crippen molar-refractivity contribution < 1.29 is 20.1 Å². The molecule has 2 aromatic carbocycles. The first kappa shape index (κ1) is 15.4. The molecule has 0 bridgehead atoms. The summed E-state index contributed by atoms with van der Waals surface area (Å²) in [6, 6.07) is 14.3. The van der Waals surface area contributed by atoms with Gasteiger partial charge in [0.25, 0.3) is 0 Å². The summed E-state index contributed by atoms with van der Waals surface area (Å²) in [4.78, 5) is 4.68. The molecule has 3 aromatic rings. The summed E-state index contributed by atoms with van der Waals surface area (Å²) in [5.74, 6) is 0. The van der Waals surface area contributed by atoms with Gasteiger partial charge in [0.15, 0.2) is 0 Å². The Morgan fingerprint density at radius 2 is 1.86 bits per heavy atom. The SMILES string of the molecule is Cc1c[c-]c2c(c1C)C(C)(C)c1cccc3ccnc-2c13.[Ir]. The van der Waals surface area contributed by atoms with Crippen molar-refractivity contribution in [3.8, 4) is 11.3 Å². The number of benzene rings is 2. The van der Waals surface area contributed by atoms with E-state index in [0.29, 0.717) is 0 Å². The zero-order valence-corrected chi connectivity index (χ0v) is 15.6. The van der Waals surface area contributed by atoms with Gasteiger partial charge < -0.3 is 4.98 Å². The second kappa shape index (κ2) is 5.01. The van der Waals surface area contributed by atoms with Crippen molar-refractivity contribution in [3.05, 3.63) is 64.8 Å². The van der Waals surface area contributed by atoms with Gasteiger partial charge in [-0.1, -0.05) is 45.9 Å². The molecule has 1 radical (unpaired) electrons. The molecule has 0 atom stereocenters. The number of hydrogen-bond donors (Lipinski definition) is 0. The van der Waals surface area contributed by atoms with Crippen molar-refractivity contribution in [3.63, 3.8) is 0 Å². The van der Waals surface area contributed by atoms with E-state index in [9.17, 15) is 0 Å². The number of aromatic nitrogens is 1. The summed E-state index contributed by atoms with van der Waals surface area (Å²) in [6.07, 6.45) is 1.91. The van der Waals surface area contributed by atoms with Gasteiger partial charge in [0.05, 0.1) is 0 Å². The van der Waals surface area contributed by atoms with Gasteiger partial charge in [-0.05, 0) is 33.5 Å². The van der Waals surface area contributed by atoms with Gasteiger partial charge in [-0.3, -0.25) is 0 Å². The van der Waals surface area contributed by atoms with Crippen LogP contribution in [0.15, 0.2) is 36.5 Å². The minimum absolute atomic E-state index is 0. The fourth-order valence-corrected chi connectivity index (χ4v) is 3.79. The van der Waals surface area contributed by atoms with Gasteiger partial charge in [0.2, 0.25) is 0 Å². The van der Waals surface area contributed by atoms with Crippen LogP contribution in [0.2, 0.25) is 0 Å². The van der Waals surface area contributed by atoms with Crippen LogP contribution in [0.3, 0.4) is 0 Å². The Kier molecular flexibility index (Phi) is 3.51. The molecule has 1 heterocycles. The fourth-order valence-electron chi connectivity index (χ4n) is 3.79. The summed E-state index contributed by atoms with van der Waals surface area (Å²) < 4.78 is 0. The molecular weight excluding hydrogens is 446 g/mol. The van der Waals surface area contributed by atoms with Crippen molar-refractivity contribution in [2.24, 2.45) is 0 Å². The van der Waals surface area contributed by atoms with E-state index >= 15 is 0 Å². The van der Waals surface area contributed by atoms with Gasteiger partial charge in [-0.25, -0.2) is 0 Å². The van der Waals surface area contributed by atoms with Crippen molar-refractivity contribution in [1.29, 1.82) is 0 Å². The van der Waals surface area contributed by atoms with Gasteiger partial charge in [0.1, 0.15) is 0 Å². The molecule has 0 unspecified atom stereocenters. The van der Waals surface area contributed by atoms with Crippen LogP contribution in [0, 0.1) is 19.9 Å². The molecule has 1 aliphatic rings. The largest absolute Gasteiger partial charge is 0.304 e. The molecule has 1 nitrogen and oxygen atoms in total. The minimum atomic E-state index is -0.0164. The summed E-state index contributed by atoms with van der Waals surface area (Å²) in [7, 11) is 0. The number of pyridine rings is 1. The maximum Gasteiger partial charge on any atom is 0.0167 e. The average Bonchev–Trinajstić information content (AvgIpc) is 2.47. The summed E-state index contributed by atoms with van der Waals surface area (Å²) >= 11 is 0. The van der Waals surface area contributed by atoms with E-state index in [1.165, 1.54) is 38.6 Å². The van der Waals surface area contributed by atoms with E-state index in [-0.39, 0.29) is 25.5 Å². The second-order valence-electron chi connectivity index (χ2n) is 6.53. The zero-order chi connectivity index (χ0) is 14.8. The molecule has 1 aromatic heterocycles. The molecule has 0 saturated heterocycles. The van der Waals surface area contributed by atoms with Crippen LogP contribution in [-0.4, -0.2) is 4.98 Å². The Morgan fingerprint density at radius 1 is 1.09 bits per heavy atom. The summed E-state index contributed by atoms with van der Waals surface area (Å²) in [5.41, 5.74) is 7.65. The Balaban J connectivity index is 0.00000144. The summed E-state index contributed by atoms with van der Waals surface area (Å²) in [5, 5.41) is 2.56. The molecule has 1 aliphatic carbocycles. The minimum Gasteiger partial charge on any atom is -0.304 e. The first-order valence-corrected chi connectivity index (χ1v) is 7.43. The van der Waals surface area contributed by atoms with Gasteiger partial charge in [-0.15, -0.1) is 34.4 Å². The third-order valence-corrected chi connectivity index (χ3v) is 4.98. The maximum absolute atomic E-state index is 4.68. The van der Waals surface area contributed by atoms with E-state index < -0.39 is 0 Å². The molecule has 22 heavy (non-hydrogen) atoms. The van der Waals surface area contributed by atoms with Crippen molar-refractivity contribution in [1.82, 2.24) is 4.98 Å². The number of nitrogens with zero attached hydrogens (tertiary/aromatic N) is 1. The fraction of sp³-hybridized carbons (Fsp3) is 0.250. The van der Waals surface area contributed by atoms with Crippen molar-refractivity contribution >= 4 is 10.8 Å². The first-order chi connectivity index (χ1) is 10.0. The average molecular weight is 465 g/mol. The van der Waals surface area contributed by atoms with Crippen LogP contribution in [0.25, 0.3) is 22.0 Å². The number of aryl methyl sites for hydroxylation is 1. The van der Waals surface area contributed by atoms with Crippen LogP contribution < -0.4 is 0 Å². The van der Waals surface area contributed by atoms with Crippen molar-refractivity contribution in [2.75, 3.05) is 0 Å². The summed E-state index contributed by atoms with van der Waals surface area (Å²) in [6.45, 7) is 9.02. The molecule has 0 amide bonds. The quantitative estimate of drug-likeness (QED) is 0.429. The van der Waals surface area contributed by atoms with Crippen molar-refractivity contribution in [2.45, 2.75) is 33.1 Å². The number of hydrogen-bond acceptors (Lipinski definition) is 1. The predicted molar refractivity (Wildman–Crippen MR) is 87.6 cm³/mol. The van der Waals surface area contributed by atoms with E-state index in [4.69, 9.17) is 0 Å². The Labute approximate surface area is 145 Å². The van der Waals surface area contributed by atoms with Crippen LogP contribution in [0.1, 0.15) is 36.1 Å². The Bertz CT molecular complexity index is 888. The first-order valence-electron chi connectivity index (χ1n) is 7.43. The van der Waals surface area contributed by atoms with Crippen LogP contribution in [-0.2, 0) is 25.5 Å². The number of fused-ring (bicyclic) bond motifs is 2.